The summed E-state index contributed by atoms with van der Waals surface area (Å²) < 4.78 is 27.8. The summed E-state index contributed by atoms with van der Waals surface area (Å²) >= 11 is 1.38. The molecule has 3 aromatic rings. The zero-order chi connectivity index (χ0) is 20.4. The number of carbonyl (C=O) groups excluding carboxylic acids is 2. The van der Waals surface area contributed by atoms with Crippen molar-refractivity contribution < 1.29 is 18.0 Å². The summed E-state index contributed by atoms with van der Waals surface area (Å²) in [7, 11) is -4.01. The molecule has 0 atom stereocenters. The molecule has 1 aliphatic rings. The number of hydrogen-bond donors (Lipinski definition) is 1. The lowest BCUT2D eigenvalue weighted by atomic mass is 9.96. The minimum Gasteiger partial charge on any atom is -0.338 e. The molecule has 0 unspecified atom stereocenters. The van der Waals surface area contributed by atoms with E-state index in [-0.39, 0.29) is 10.8 Å². The average Bonchev–Trinajstić information content (AvgIpc) is 3.27. The number of sulfonamides is 1. The van der Waals surface area contributed by atoms with Gasteiger partial charge in [0.2, 0.25) is 5.91 Å². The first-order valence-electron chi connectivity index (χ1n) is 9.18. The van der Waals surface area contributed by atoms with E-state index in [1.807, 2.05) is 11.4 Å². The van der Waals surface area contributed by atoms with Gasteiger partial charge in [0.25, 0.3) is 15.9 Å². The summed E-state index contributed by atoms with van der Waals surface area (Å²) in [5.74, 6) is -1.02. The van der Waals surface area contributed by atoms with Crippen molar-refractivity contribution in [1.82, 2.24) is 14.6 Å². The molecule has 0 bridgehead atoms. The number of nitrogens with zero attached hydrogens (tertiary/aromatic N) is 2. The monoisotopic (exact) mass is 429 g/mol. The van der Waals surface area contributed by atoms with Gasteiger partial charge in [-0.15, -0.1) is 11.3 Å². The van der Waals surface area contributed by atoms with Crippen molar-refractivity contribution in [3.05, 3.63) is 59.0 Å². The quantitative estimate of drug-likeness (QED) is 0.688. The second-order valence-corrected chi connectivity index (χ2v) is 9.47. The molecule has 2 aromatic heterocycles. The molecule has 0 saturated carbocycles. The molecule has 1 fully saturated rings. The third kappa shape index (κ3) is 4.01. The highest BCUT2D eigenvalue weighted by Gasteiger charge is 2.31. The van der Waals surface area contributed by atoms with Crippen LogP contribution in [0.3, 0.4) is 0 Å². The Labute approximate surface area is 172 Å². The normalized spacial score (nSPS) is 15.4. The number of piperidine rings is 1. The number of benzene rings is 1. The van der Waals surface area contributed by atoms with Crippen LogP contribution in [0.5, 0.6) is 0 Å². The molecule has 1 saturated heterocycles. The SMILES string of the molecule is O=C(NS(=O)(=O)c1cccc2cnccc12)C1CCN(C(=O)c2cccs2)CC1. The molecule has 7 nitrogen and oxygen atoms in total. The van der Waals surface area contributed by atoms with Crippen molar-refractivity contribution in [2.75, 3.05) is 13.1 Å². The van der Waals surface area contributed by atoms with E-state index in [1.165, 1.54) is 23.6 Å². The molecular formula is C20H19N3O4S2. The summed E-state index contributed by atoms with van der Waals surface area (Å²) in [6.07, 6.45) is 3.95. The van der Waals surface area contributed by atoms with Crippen LogP contribution < -0.4 is 4.72 Å². The van der Waals surface area contributed by atoms with E-state index in [9.17, 15) is 18.0 Å². The molecule has 150 valence electrons. The van der Waals surface area contributed by atoms with Gasteiger partial charge in [-0.3, -0.25) is 14.6 Å². The van der Waals surface area contributed by atoms with Gasteiger partial charge < -0.3 is 4.90 Å². The first-order chi connectivity index (χ1) is 14.0. The predicted molar refractivity (Wildman–Crippen MR) is 110 cm³/mol. The number of aromatic nitrogens is 1. The van der Waals surface area contributed by atoms with E-state index in [4.69, 9.17) is 0 Å². The number of likely N-dealkylation sites (tertiary alicyclic amines) is 1. The molecule has 0 aliphatic carbocycles. The fraction of sp³-hybridized carbons (Fsp3) is 0.250. The lowest BCUT2D eigenvalue weighted by molar-refractivity contribution is -0.124. The number of amides is 2. The highest BCUT2D eigenvalue weighted by atomic mass is 32.2. The summed E-state index contributed by atoms with van der Waals surface area (Å²) in [6, 6.07) is 10.1. The van der Waals surface area contributed by atoms with Crippen LogP contribution in [0.1, 0.15) is 22.5 Å². The Hall–Kier alpha value is -2.78. The van der Waals surface area contributed by atoms with Crippen molar-refractivity contribution in [3.8, 4) is 0 Å². The van der Waals surface area contributed by atoms with Crippen LogP contribution >= 0.6 is 11.3 Å². The maximum atomic E-state index is 12.8. The van der Waals surface area contributed by atoms with Crippen LogP contribution in [-0.2, 0) is 14.8 Å². The molecule has 0 radical (unpaired) electrons. The Morgan fingerprint density at radius 1 is 1.10 bits per heavy atom. The summed E-state index contributed by atoms with van der Waals surface area (Å²) in [4.78, 5) is 31.5. The molecule has 3 heterocycles. The summed E-state index contributed by atoms with van der Waals surface area (Å²) in [5, 5.41) is 3.05. The van der Waals surface area contributed by atoms with Crippen molar-refractivity contribution in [2.45, 2.75) is 17.7 Å². The van der Waals surface area contributed by atoms with Crippen LogP contribution in [0.25, 0.3) is 10.8 Å². The minimum atomic E-state index is -4.01. The second-order valence-electron chi connectivity index (χ2n) is 6.87. The zero-order valence-corrected chi connectivity index (χ0v) is 17.1. The van der Waals surface area contributed by atoms with E-state index in [0.717, 1.165) is 0 Å². The first kappa shape index (κ1) is 19.5. The Kier molecular flexibility index (Phi) is 5.33. The number of thiophene rings is 1. The van der Waals surface area contributed by atoms with Gasteiger partial charge in [-0.1, -0.05) is 18.2 Å². The Morgan fingerprint density at radius 3 is 2.62 bits per heavy atom. The lowest BCUT2D eigenvalue weighted by Crippen LogP contribution is -2.44. The summed E-state index contributed by atoms with van der Waals surface area (Å²) in [6.45, 7) is 0.851. The minimum absolute atomic E-state index is 0.0455. The van der Waals surface area contributed by atoms with Gasteiger partial charge in [0.15, 0.2) is 0 Å². The van der Waals surface area contributed by atoms with E-state index >= 15 is 0 Å². The number of pyridine rings is 1. The smallest absolute Gasteiger partial charge is 0.264 e. The zero-order valence-electron chi connectivity index (χ0n) is 15.4. The Balaban J connectivity index is 1.44. The predicted octanol–water partition coefficient (Wildman–Crippen LogP) is 2.65. The van der Waals surface area contributed by atoms with Crippen molar-refractivity contribution >= 4 is 43.9 Å². The van der Waals surface area contributed by atoms with Gasteiger partial charge in [-0.05, 0) is 36.4 Å². The molecular weight excluding hydrogens is 410 g/mol. The molecule has 1 aliphatic heterocycles. The highest BCUT2D eigenvalue weighted by Crippen LogP contribution is 2.24. The third-order valence-corrected chi connectivity index (χ3v) is 7.31. The molecule has 1 aromatic carbocycles. The second kappa shape index (κ2) is 7.92. The van der Waals surface area contributed by atoms with Gasteiger partial charge in [0.05, 0.1) is 9.77 Å². The maximum absolute atomic E-state index is 12.8. The van der Waals surface area contributed by atoms with Crippen molar-refractivity contribution in [1.29, 1.82) is 0 Å². The third-order valence-electron chi connectivity index (χ3n) is 5.05. The number of nitrogens with one attached hydrogen (secondary N) is 1. The fourth-order valence-electron chi connectivity index (χ4n) is 3.50. The van der Waals surface area contributed by atoms with Crippen LogP contribution in [0.4, 0.5) is 0 Å². The van der Waals surface area contributed by atoms with E-state index < -0.39 is 21.8 Å². The summed E-state index contributed by atoms with van der Waals surface area (Å²) in [5.41, 5.74) is 0. The van der Waals surface area contributed by atoms with Gasteiger partial charge in [-0.25, -0.2) is 13.1 Å². The average molecular weight is 430 g/mol. The molecule has 9 heteroatoms. The standard InChI is InChI=1S/C20H19N3O4S2/c24-19(14-7-10-23(11-8-14)20(25)17-4-2-12-28-17)22-29(26,27)18-5-1-3-15-13-21-9-6-16(15)18/h1-6,9,12-14H,7-8,10-11H2,(H,22,24). The Morgan fingerprint density at radius 2 is 1.90 bits per heavy atom. The number of hydrogen-bond acceptors (Lipinski definition) is 6. The number of carbonyl (C=O) groups is 2. The van der Waals surface area contributed by atoms with E-state index in [1.54, 1.807) is 35.4 Å². The molecule has 0 spiro atoms. The van der Waals surface area contributed by atoms with Crippen LogP contribution in [0, 0.1) is 5.92 Å². The van der Waals surface area contributed by atoms with E-state index in [0.29, 0.717) is 41.6 Å². The van der Waals surface area contributed by atoms with Gasteiger partial charge in [0, 0.05) is 42.2 Å². The van der Waals surface area contributed by atoms with Gasteiger partial charge in [0.1, 0.15) is 0 Å². The number of fused-ring (bicyclic) bond motifs is 1. The maximum Gasteiger partial charge on any atom is 0.264 e. The van der Waals surface area contributed by atoms with Gasteiger partial charge >= 0.3 is 0 Å². The number of rotatable bonds is 4. The lowest BCUT2D eigenvalue weighted by Gasteiger charge is -2.31. The molecule has 4 rings (SSSR count). The van der Waals surface area contributed by atoms with Crippen LogP contribution in [-0.4, -0.2) is 43.2 Å². The van der Waals surface area contributed by atoms with E-state index in [2.05, 4.69) is 9.71 Å². The van der Waals surface area contributed by atoms with Crippen LogP contribution in [0.15, 0.2) is 59.1 Å². The van der Waals surface area contributed by atoms with Crippen LogP contribution in [0.2, 0.25) is 0 Å². The fourth-order valence-corrected chi connectivity index (χ4v) is 5.46. The highest BCUT2D eigenvalue weighted by molar-refractivity contribution is 7.90. The molecule has 2 amide bonds. The largest absolute Gasteiger partial charge is 0.338 e. The van der Waals surface area contributed by atoms with Crippen molar-refractivity contribution in [3.63, 3.8) is 0 Å². The first-order valence-corrected chi connectivity index (χ1v) is 11.5. The van der Waals surface area contributed by atoms with Crippen molar-refractivity contribution in [2.24, 2.45) is 5.92 Å². The topological polar surface area (TPSA) is 96.4 Å². The Bertz CT molecular complexity index is 1150. The molecule has 1 N–H and O–H groups in total. The molecule has 29 heavy (non-hydrogen) atoms. The van der Waals surface area contributed by atoms with Gasteiger partial charge in [-0.2, -0.15) is 0 Å².